The number of aryl methyl sites for hydroxylation is 2. The van der Waals surface area contributed by atoms with Crippen molar-refractivity contribution in [1.29, 1.82) is 0 Å². The molecule has 0 aromatic carbocycles. The molecule has 19 heavy (non-hydrogen) atoms. The molecule has 0 fully saturated rings. The molecule has 0 spiro atoms. The van der Waals surface area contributed by atoms with Crippen LogP contribution in [0.4, 0.5) is 0 Å². The lowest BCUT2D eigenvalue weighted by atomic mass is 9.97. The normalized spacial score (nSPS) is 15.2. The molecule has 1 N–H and O–H groups in total. The van der Waals surface area contributed by atoms with E-state index in [0.29, 0.717) is 6.42 Å². The number of carbonyl (C=O) groups excluding carboxylic acids is 1. The average Bonchev–Trinajstić information content (AvgIpc) is 2.69. The summed E-state index contributed by atoms with van der Waals surface area (Å²) in [5, 5.41) is 4.05. The predicted octanol–water partition coefficient (Wildman–Crippen LogP) is 3.31. The quantitative estimate of drug-likeness (QED) is 0.840. The number of aromatic nitrogens is 1. The zero-order valence-corrected chi connectivity index (χ0v) is 12.6. The molecule has 2 rings (SSSR count). The summed E-state index contributed by atoms with van der Waals surface area (Å²) < 4.78 is 0. The highest BCUT2D eigenvalue weighted by Gasteiger charge is 2.10. The van der Waals surface area contributed by atoms with E-state index in [2.05, 4.69) is 16.4 Å². The Balaban J connectivity index is 1.72. The molecule has 0 radical (unpaired) electrons. The standard InChI is InChI=1S/C15H22N2OS/c1-11-14(19-12(2)17-11)10-15(18)16-9-8-13-6-4-3-5-7-13/h6H,3-5,7-10H2,1-2H3,(H,16,18). The largest absolute Gasteiger partial charge is 0.355 e. The Morgan fingerprint density at radius 2 is 2.26 bits per heavy atom. The zero-order valence-electron chi connectivity index (χ0n) is 11.8. The number of rotatable bonds is 5. The van der Waals surface area contributed by atoms with Gasteiger partial charge in [0, 0.05) is 11.4 Å². The molecule has 1 aromatic rings. The maximum absolute atomic E-state index is 11.9. The van der Waals surface area contributed by atoms with E-state index in [1.165, 1.54) is 31.3 Å². The van der Waals surface area contributed by atoms with Gasteiger partial charge in [-0.05, 0) is 46.0 Å². The van der Waals surface area contributed by atoms with Crippen molar-refractivity contribution in [3.05, 3.63) is 27.2 Å². The summed E-state index contributed by atoms with van der Waals surface area (Å²) in [6.07, 6.45) is 8.86. The summed E-state index contributed by atoms with van der Waals surface area (Å²) >= 11 is 1.62. The highest BCUT2D eigenvalue weighted by atomic mass is 32.1. The maximum Gasteiger partial charge on any atom is 0.225 e. The third-order valence-corrected chi connectivity index (χ3v) is 4.55. The summed E-state index contributed by atoms with van der Waals surface area (Å²) in [7, 11) is 0. The summed E-state index contributed by atoms with van der Waals surface area (Å²) in [6, 6.07) is 0. The van der Waals surface area contributed by atoms with E-state index in [1.807, 2.05) is 13.8 Å². The fraction of sp³-hybridized carbons (Fsp3) is 0.600. The molecule has 0 saturated carbocycles. The second-order valence-corrected chi connectivity index (χ2v) is 6.41. The monoisotopic (exact) mass is 278 g/mol. The van der Waals surface area contributed by atoms with Gasteiger partial charge in [0.15, 0.2) is 0 Å². The first-order chi connectivity index (χ1) is 9.15. The molecule has 1 aliphatic rings. The van der Waals surface area contributed by atoms with Gasteiger partial charge >= 0.3 is 0 Å². The summed E-state index contributed by atoms with van der Waals surface area (Å²) in [4.78, 5) is 17.3. The van der Waals surface area contributed by atoms with Crippen LogP contribution >= 0.6 is 11.3 Å². The second-order valence-electron chi connectivity index (χ2n) is 5.13. The van der Waals surface area contributed by atoms with Gasteiger partial charge in [-0.1, -0.05) is 11.6 Å². The molecule has 3 nitrogen and oxygen atoms in total. The van der Waals surface area contributed by atoms with Gasteiger partial charge in [-0.2, -0.15) is 0 Å². The van der Waals surface area contributed by atoms with Crippen LogP contribution in [0.15, 0.2) is 11.6 Å². The molecule has 1 aromatic heterocycles. The Kier molecular flexibility index (Phi) is 5.14. The average molecular weight is 278 g/mol. The van der Waals surface area contributed by atoms with E-state index in [1.54, 1.807) is 11.3 Å². The van der Waals surface area contributed by atoms with Crippen LogP contribution in [0.5, 0.6) is 0 Å². The maximum atomic E-state index is 11.9. The zero-order chi connectivity index (χ0) is 13.7. The van der Waals surface area contributed by atoms with Crippen LogP contribution in [-0.4, -0.2) is 17.4 Å². The van der Waals surface area contributed by atoms with E-state index < -0.39 is 0 Å². The Bertz CT molecular complexity index is 476. The third kappa shape index (κ3) is 4.46. The van der Waals surface area contributed by atoms with Crippen molar-refractivity contribution in [2.45, 2.75) is 52.4 Å². The highest BCUT2D eigenvalue weighted by molar-refractivity contribution is 7.11. The predicted molar refractivity (Wildman–Crippen MR) is 79.5 cm³/mol. The molecule has 0 atom stereocenters. The lowest BCUT2D eigenvalue weighted by molar-refractivity contribution is -0.120. The van der Waals surface area contributed by atoms with E-state index in [0.717, 1.165) is 28.5 Å². The first kappa shape index (κ1) is 14.3. The lowest BCUT2D eigenvalue weighted by Crippen LogP contribution is -2.26. The number of hydrogen-bond acceptors (Lipinski definition) is 3. The van der Waals surface area contributed by atoms with Gasteiger partial charge in [0.25, 0.3) is 0 Å². The molecule has 0 saturated heterocycles. The minimum Gasteiger partial charge on any atom is -0.355 e. The number of hydrogen-bond donors (Lipinski definition) is 1. The molecule has 4 heteroatoms. The van der Waals surface area contributed by atoms with Crippen LogP contribution in [0.3, 0.4) is 0 Å². The second kappa shape index (κ2) is 6.85. The Morgan fingerprint density at radius 3 is 2.89 bits per heavy atom. The molecule has 1 heterocycles. The number of nitrogens with one attached hydrogen (secondary N) is 1. The fourth-order valence-corrected chi connectivity index (χ4v) is 3.38. The molecular weight excluding hydrogens is 256 g/mol. The van der Waals surface area contributed by atoms with Gasteiger partial charge in [0.2, 0.25) is 5.91 Å². The third-order valence-electron chi connectivity index (χ3n) is 3.47. The molecule has 1 amide bonds. The van der Waals surface area contributed by atoms with Gasteiger partial charge in [0.05, 0.1) is 17.1 Å². The van der Waals surface area contributed by atoms with Crippen LogP contribution in [0.2, 0.25) is 0 Å². The Morgan fingerprint density at radius 1 is 1.42 bits per heavy atom. The van der Waals surface area contributed by atoms with Crippen LogP contribution in [0, 0.1) is 13.8 Å². The summed E-state index contributed by atoms with van der Waals surface area (Å²) in [5.74, 6) is 0.114. The molecule has 104 valence electrons. The van der Waals surface area contributed by atoms with Gasteiger partial charge in [-0.15, -0.1) is 11.3 Å². The first-order valence-electron chi connectivity index (χ1n) is 7.02. The van der Waals surface area contributed by atoms with Crippen molar-refractivity contribution in [2.24, 2.45) is 0 Å². The Labute approximate surface area is 119 Å². The number of carbonyl (C=O) groups is 1. The van der Waals surface area contributed by atoms with Crippen molar-refractivity contribution in [3.8, 4) is 0 Å². The van der Waals surface area contributed by atoms with Gasteiger partial charge in [-0.25, -0.2) is 4.98 Å². The van der Waals surface area contributed by atoms with Crippen molar-refractivity contribution in [1.82, 2.24) is 10.3 Å². The molecular formula is C15H22N2OS. The van der Waals surface area contributed by atoms with Crippen molar-refractivity contribution in [3.63, 3.8) is 0 Å². The number of amides is 1. The van der Waals surface area contributed by atoms with E-state index in [9.17, 15) is 4.79 Å². The first-order valence-corrected chi connectivity index (χ1v) is 7.84. The van der Waals surface area contributed by atoms with Gasteiger partial charge in [-0.3, -0.25) is 4.79 Å². The van der Waals surface area contributed by atoms with E-state index >= 15 is 0 Å². The molecule has 0 aliphatic heterocycles. The van der Waals surface area contributed by atoms with E-state index in [-0.39, 0.29) is 5.91 Å². The topological polar surface area (TPSA) is 42.0 Å². The number of thiazole rings is 1. The lowest BCUT2D eigenvalue weighted by Gasteiger charge is -2.12. The minimum atomic E-state index is 0.114. The minimum absolute atomic E-state index is 0.114. The van der Waals surface area contributed by atoms with Crippen LogP contribution < -0.4 is 5.32 Å². The van der Waals surface area contributed by atoms with Crippen LogP contribution in [0.1, 0.15) is 47.7 Å². The summed E-state index contributed by atoms with van der Waals surface area (Å²) in [5.41, 5.74) is 2.50. The fourth-order valence-electron chi connectivity index (χ4n) is 2.44. The molecule has 1 aliphatic carbocycles. The smallest absolute Gasteiger partial charge is 0.225 e. The number of nitrogens with zero attached hydrogens (tertiary/aromatic N) is 1. The van der Waals surface area contributed by atoms with Crippen LogP contribution in [0.25, 0.3) is 0 Å². The Hall–Kier alpha value is -1.16. The van der Waals surface area contributed by atoms with Crippen molar-refractivity contribution >= 4 is 17.2 Å². The highest BCUT2D eigenvalue weighted by Crippen LogP contribution is 2.20. The molecule has 0 bridgehead atoms. The van der Waals surface area contributed by atoms with Crippen molar-refractivity contribution < 1.29 is 4.79 Å². The van der Waals surface area contributed by atoms with Crippen molar-refractivity contribution in [2.75, 3.05) is 6.54 Å². The summed E-state index contributed by atoms with van der Waals surface area (Å²) in [6.45, 7) is 4.72. The SMILES string of the molecule is Cc1nc(C)c(CC(=O)NCCC2=CCCCC2)s1. The van der Waals surface area contributed by atoms with Crippen LogP contribution in [-0.2, 0) is 11.2 Å². The van der Waals surface area contributed by atoms with E-state index in [4.69, 9.17) is 0 Å². The van der Waals surface area contributed by atoms with Gasteiger partial charge in [0.1, 0.15) is 0 Å². The molecule has 0 unspecified atom stereocenters. The van der Waals surface area contributed by atoms with Gasteiger partial charge < -0.3 is 5.32 Å². The number of allylic oxidation sites excluding steroid dienone is 1.